The summed E-state index contributed by atoms with van der Waals surface area (Å²) in [5.74, 6) is 1.80. The lowest BCUT2D eigenvalue weighted by Gasteiger charge is -2.36. The number of nitrogens with one attached hydrogen (secondary N) is 1. The van der Waals surface area contributed by atoms with Gasteiger partial charge in [-0.3, -0.25) is 9.69 Å². The van der Waals surface area contributed by atoms with Crippen molar-refractivity contribution >= 4 is 5.91 Å². The minimum atomic E-state index is -0.133. The van der Waals surface area contributed by atoms with Crippen LogP contribution >= 0.6 is 0 Å². The van der Waals surface area contributed by atoms with E-state index in [1.807, 2.05) is 17.0 Å². The van der Waals surface area contributed by atoms with Gasteiger partial charge in [-0.2, -0.15) is 0 Å². The van der Waals surface area contributed by atoms with Gasteiger partial charge in [0, 0.05) is 39.3 Å². The van der Waals surface area contributed by atoms with E-state index in [9.17, 15) is 4.79 Å². The number of nitrogens with zero attached hydrogens (tertiary/aromatic N) is 2. The van der Waals surface area contributed by atoms with Gasteiger partial charge in [-0.15, -0.1) is 0 Å². The lowest BCUT2D eigenvalue weighted by Crippen LogP contribution is -2.58. The molecule has 0 bridgehead atoms. The SMILES string of the molecule is O=C(C1CN(Cc2ccc3c(c2)OCO3)CCN1)N1CCOCC1. The van der Waals surface area contributed by atoms with Crippen molar-refractivity contribution in [2.45, 2.75) is 12.6 Å². The maximum atomic E-state index is 12.6. The van der Waals surface area contributed by atoms with Crippen molar-refractivity contribution in [3.8, 4) is 11.5 Å². The van der Waals surface area contributed by atoms with Crippen LogP contribution in [0.2, 0.25) is 0 Å². The summed E-state index contributed by atoms with van der Waals surface area (Å²) in [6, 6.07) is 5.92. The Labute approximate surface area is 141 Å². The van der Waals surface area contributed by atoms with Gasteiger partial charge >= 0.3 is 0 Å². The van der Waals surface area contributed by atoms with Gasteiger partial charge in [0.2, 0.25) is 12.7 Å². The van der Waals surface area contributed by atoms with Crippen LogP contribution in [-0.2, 0) is 16.1 Å². The van der Waals surface area contributed by atoms with Gasteiger partial charge in [0.15, 0.2) is 11.5 Å². The van der Waals surface area contributed by atoms with Gasteiger partial charge in [-0.1, -0.05) is 6.07 Å². The summed E-state index contributed by atoms with van der Waals surface area (Å²) >= 11 is 0. The molecule has 1 N–H and O–H groups in total. The first kappa shape index (κ1) is 15.7. The third kappa shape index (κ3) is 3.33. The Morgan fingerprint density at radius 3 is 2.88 bits per heavy atom. The van der Waals surface area contributed by atoms with Crippen LogP contribution < -0.4 is 14.8 Å². The van der Waals surface area contributed by atoms with Crippen molar-refractivity contribution in [1.82, 2.24) is 15.1 Å². The summed E-state index contributed by atoms with van der Waals surface area (Å²) in [4.78, 5) is 16.9. The number of hydrogen-bond acceptors (Lipinski definition) is 6. The fourth-order valence-corrected chi connectivity index (χ4v) is 3.42. The molecule has 0 aliphatic carbocycles. The van der Waals surface area contributed by atoms with E-state index in [1.165, 1.54) is 5.56 Å². The molecule has 0 radical (unpaired) electrons. The van der Waals surface area contributed by atoms with Gasteiger partial charge in [-0.25, -0.2) is 0 Å². The molecular formula is C17H23N3O4. The topological polar surface area (TPSA) is 63.3 Å². The highest BCUT2D eigenvalue weighted by Crippen LogP contribution is 2.32. The number of ether oxygens (including phenoxy) is 3. The van der Waals surface area contributed by atoms with Crippen LogP contribution in [0, 0.1) is 0 Å². The molecule has 1 unspecified atom stereocenters. The number of rotatable bonds is 3. The van der Waals surface area contributed by atoms with Crippen molar-refractivity contribution in [3.05, 3.63) is 23.8 Å². The van der Waals surface area contributed by atoms with Crippen molar-refractivity contribution in [3.63, 3.8) is 0 Å². The van der Waals surface area contributed by atoms with E-state index in [-0.39, 0.29) is 11.9 Å². The van der Waals surface area contributed by atoms with E-state index in [2.05, 4.69) is 16.3 Å². The zero-order valence-corrected chi connectivity index (χ0v) is 13.7. The molecule has 7 heteroatoms. The van der Waals surface area contributed by atoms with Crippen LogP contribution in [0.1, 0.15) is 5.56 Å². The summed E-state index contributed by atoms with van der Waals surface area (Å²) in [5.41, 5.74) is 1.18. The quantitative estimate of drug-likeness (QED) is 0.843. The van der Waals surface area contributed by atoms with E-state index in [4.69, 9.17) is 14.2 Å². The second-order valence-corrected chi connectivity index (χ2v) is 6.37. The minimum absolute atomic E-state index is 0.133. The molecule has 7 nitrogen and oxygen atoms in total. The third-order valence-electron chi connectivity index (χ3n) is 4.72. The van der Waals surface area contributed by atoms with E-state index in [0.29, 0.717) is 33.1 Å². The van der Waals surface area contributed by atoms with Gasteiger partial charge in [-0.05, 0) is 17.7 Å². The summed E-state index contributed by atoms with van der Waals surface area (Å²) in [6.07, 6.45) is 0. The molecular weight excluding hydrogens is 310 g/mol. The van der Waals surface area contributed by atoms with Crippen LogP contribution in [-0.4, -0.2) is 74.5 Å². The van der Waals surface area contributed by atoms with Crippen LogP contribution in [0.5, 0.6) is 11.5 Å². The summed E-state index contributed by atoms with van der Waals surface area (Å²) in [7, 11) is 0. The highest BCUT2D eigenvalue weighted by molar-refractivity contribution is 5.82. The number of morpholine rings is 1. The maximum Gasteiger partial charge on any atom is 0.241 e. The van der Waals surface area contributed by atoms with Crippen molar-refractivity contribution in [1.29, 1.82) is 0 Å². The lowest BCUT2D eigenvalue weighted by molar-refractivity contribution is -0.138. The highest BCUT2D eigenvalue weighted by Gasteiger charge is 2.30. The van der Waals surface area contributed by atoms with Crippen molar-refractivity contribution in [2.24, 2.45) is 0 Å². The zero-order chi connectivity index (χ0) is 16.4. The molecule has 3 heterocycles. The zero-order valence-electron chi connectivity index (χ0n) is 13.7. The predicted molar refractivity (Wildman–Crippen MR) is 87.0 cm³/mol. The van der Waals surface area contributed by atoms with Gasteiger partial charge in [0.1, 0.15) is 0 Å². The molecule has 2 fully saturated rings. The van der Waals surface area contributed by atoms with E-state index < -0.39 is 0 Å². The fourth-order valence-electron chi connectivity index (χ4n) is 3.42. The largest absolute Gasteiger partial charge is 0.454 e. The fraction of sp³-hybridized carbons (Fsp3) is 0.588. The maximum absolute atomic E-state index is 12.6. The van der Waals surface area contributed by atoms with Crippen LogP contribution in [0.3, 0.4) is 0 Å². The van der Waals surface area contributed by atoms with Gasteiger partial charge in [0.25, 0.3) is 0 Å². The smallest absolute Gasteiger partial charge is 0.241 e. The second-order valence-electron chi connectivity index (χ2n) is 6.37. The standard InChI is InChI=1S/C17H23N3O4/c21-17(20-5-7-22-8-6-20)14-11-19(4-3-18-14)10-13-1-2-15-16(9-13)24-12-23-15/h1-2,9,14,18H,3-8,10-12H2. The van der Waals surface area contributed by atoms with Gasteiger partial charge in [0.05, 0.1) is 19.3 Å². The Morgan fingerprint density at radius 1 is 1.17 bits per heavy atom. The Balaban J connectivity index is 1.37. The summed E-state index contributed by atoms with van der Waals surface area (Å²) < 4.78 is 16.1. The third-order valence-corrected chi connectivity index (χ3v) is 4.72. The summed E-state index contributed by atoms with van der Waals surface area (Å²) in [5, 5.41) is 3.36. The summed E-state index contributed by atoms with van der Waals surface area (Å²) in [6.45, 7) is 6.25. The number of benzene rings is 1. The molecule has 4 rings (SSSR count). The molecule has 0 aromatic heterocycles. The monoisotopic (exact) mass is 333 g/mol. The molecule has 1 amide bonds. The lowest BCUT2D eigenvalue weighted by atomic mass is 10.1. The van der Waals surface area contributed by atoms with E-state index in [1.54, 1.807) is 0 Å². The first-order valence-corrected chi connectivity index (χ1v) is 8.50. The number of hydrogen-bond donors (Lipinski definition) is 1. The number of piperazine rings is 1. The first-order valence-electron chi connectivity index (χ1n) is 8.50. The molecule has 2 saturated heterocycles. The van der Waals surface area contributed by atoms with E-state index >= 15 is 0 Å². The Morgan fingerprint density at radius 2 is 2.00 bits per heavy atom. The molecule has 1 atom stereocenters. The average molecular weight is 333 g/mol. The molecule has 24 heavy (non-hydrogen) atoms. The van der Waals surface area contributed by atoms with E-state index in [0.717, 1.165) is 37.7 Å². The number of amides is 1. The number of fused-ring (bicyclic) bond motifs is 1. The van der Waals surface area contributed by atoms with Crippen LogP contribution in [0.15, 0.2) is 18.2 Å². The normalized spacial score (nSPS) is 24.2. The molecule has 130 valence electrons. The number of carbonyl (C=O) groups excluding carboxylic acids is 1. The van der Waals surface area contributed by atoms with Crippen molar-refractivity contribution < 1.29 is 19.0 Å². The molecule has 3 aliphatic rings. The van der Waals surface area contributed by atoms with Crippen molar-refractivity contribution in [2.75, 3.05) is 52.7 Å². The predicted octanol–water partition coefficient (Wildman–Crippen LogP) is 0.0479. The average Bonchev–Trinajstić information content (AvgIpc) is 3.10. The Hall–Kier alpha value is -1.83. The molecule has 0 spiro atoms. The minimum Gasteiger partial charge on any atom is -0.454 e. The highest BCUT2D eigenvalue weighted by atomic mass is 16.7. The molecule has 3 aliphatic heterocycles. The first-order chi connectivity index (χ1) is 11.8. The van der Waals surface area contributed by atoms with Gasteiger partial charge < -0.3 is 24.4 Å². The molecule has 1 aromatic rings. The molecule has 0 saturated carbocycles. The second kappa shape index (κ2) is 6.96. The Kier molecular flexibility index (Phi) is 4.55. The Bertz CT molecular complexity index is 603. The van der Waals surface area contributed by atoms with Crippen LogP contribution in [0.4, 0.5) is 0 Å². The van der Waals surface area contributed by atoms with Crippen LogP contribution in [0.25, 0.3) is 0 Å². The number of carbonyl (C=O) groups is 1. The molecule has 1 aromatic carbocycles.